The van der Waals surface area contributed by atoms with E-state index in [1.165, 1.54) is 24.8 Å². The van der Waals surface area contributed by atoms with Gasteiger partial charge in [-0.05, 0) is 36.6 Å². The van der Waals surface area contributed by atoms with E-state index in [9.17, 15) is 4.79 Å². The quantitative estimate of drug-likeness (QED) is 0.672. The van der Waals surface area contributed by atoms with Gasteiger partial charge in [0.25, 0.3) is 5.91 Å². The molecule has 4 rings (SSSR count). The number of benzene rings is 1. The minimum absolute atomic E-state index is 0.0877. The van der Waals surface area contributed by atoms with Crippen molar-refractivity contribution in [3.05, 3.63) is 53.9 Å². The van der Waals surface area contributed by atoms with E-state index in [0.29, 0.717) is 17.8 Å². The van der Waals surface area contributed by atoms with E-state index in [1.807, 2.05) is 32.4 Å². The number of hydrogen-bond donors (Lipinski definition) is 2. The Morgan fingerprint density at radius 1 is 1.21 bits per heavy atom. The zero-order chi connectivity index (χ0) is 20.2. The molecule has 1 amide bonds. The van der Waals surface area contributed by atoms with Gasteiger partial charge in [0.1, 0.15) is 11.4 Å². The molecule has 1 saturated carbocycles. The van der Waals surface area contributed by atoms with Crippen molar-refractivity contribution in [2.75, 3.05) is 24.3 Å². The number of nitrogens with zero attached hydrogens (tertiary/aromatic N) is 4. The largest absolute Gasteiger partial charge is 0.378 e. The molecule has 3 aromatic rings. The molecule has 1 aliphatic carbocycles. The molecular formula is C22H28N6O. The van der Waals surface area contributed by atoms with E-state index >= 15 is 0 Å². The summed E-state index contributed by atoms with van der Waals surface area (Å²) in [5, 5.41) is 10.8. The predicted molar refractivity (Wildman–Crippen MR) is 115 cm³/mol. The van der Waals surface area contributed by atoms with Gasteiger partial charge in [-0.2, -0.15) is 5.10 Å². The Kier molecular flexibility index (Phi) is 5.64. The summed E-state index contributed by atoms with van der Waals surface area (Å²) in [5.74, 6) is 0.634. The summed E-state index contributed by atoms with van der Waals surface area (Å²) in [5.41, 5.74) is 3.42. The molecule has 0 atom stereocenters. The first-order chi connectivity index (χ1) is 14.1. The molecule has 0 bridgehead atoms. The van der Waals surface area contributed by atoms with Crippen LogP contribution < -0.4 is 15.5 Å². The molecule has 1 aromatic carbocycles. The predicted octanol–water partition coefficient (Wildman–Crippen LogP) is 3.47. The van der Waals surface area contributed by atoms with Gasteiger partial charge < -0.3 is 15.5 Å². The van der Waals surface area contributed by atoms with E-state index < -0.39 is 0 Å². The molecule has 2 heterocycles. The minimum Gasteiger partial charge on any atom is -0.378 e. The molecule has 0 spiro atoms. The van der Waals surface area contributed by atoms with Crippen molar-refractivity contribution < 1.29 is 4.79 Å². The molecule has 0 unspecified atom stereocenters. The van der Waals surface area contributed by atoms with E-state index in [1.54, 1.807) is 10.7 Å². The second-order valence-corrected chi connectivity index (χ2v) is 7.87. The number of rotatable bonds is 6. The first-order valence-corrected chi connectivity index (χ1v) is 10.3. The Morgan fingerprint density at radius 3 is 2.83 bits per heavy atom. The summed E-state index contributed by atoms with van der Waals surface area (Å²) >= 11 is 0. The molecule has 0 saturated heterocycles. The van der Waals surface area contributed by atoms with E-state index in [-0.39, 0.29) is 11.9 Å². The minimum atomic E-state index is -0.0877. The van der Waals surface area contributed by atoms with Crippen molar-refractivity contribution in [3.8, 4) is 0 Å². The van der Waals surface area contributed by atoms with E-state index in [0.717, 1.165) is 24.3 Å². The van der Waals surface area contributed by atoms with Crippen LogP contribution in [0.15, 0.2) is 42.7 Å². The van der Waals surface area contributed by atoms with Gasteiger partial charge in [-0.25, -0.2) is 9.50 Å². The first-order valence-electron chi connectivity index (χ1n) is 10.3. The third kappa shape index (κ3) is 4.50. The van der Waals surface area contributed by atoms with Crippen LogP contribution in [0.5, 0.6) is 0 Å². The van der Waals surface area contributed by atoms with Gasteiger partial charge in [-0.15, -0.1) is 0 Å². The second kappa shape index (κ2) is 8.51. The van der Waals surface area contributed by atoms with Crippen LogP contribution in [0.2, 0.25) is 0 Å². The van der Waals surface area contributed by atoms with Crippen LogP contribution in [-0.4, -0.2) is 40.6 Å². The van der Waals surface area contributed by atoms with Crippen molar-refractivity contribution in [2.24, 2.45) is 0 Å². The van der Waals surface area contributed by atoms with Crippen LogP contribution in [0.3, 0.4) is 0 Å². The third-order valence-electron chi connectivity index (χ3n) is 5.45. The number of anilines is 2. The molecule has 7 nitrogen and oxygen atoms in total. The Balaban J connectivity index is 1.47. The lowest BCUT2D eigenvalue weighted by atomic mass is 9.95. The molecule has 0 radical (unpaired) electrons. The Morgan fingerprint density at radius 2 is 2.03 bits per heavy atom. The highest BCUT2D eigenvalue weighted by atomic mass is 16.1. The summed E-state index contributed by atoms with van der Waals surface area (Å²) in [7, 11) is 4.06. The summed E-state index contributed by atoms with van der Waals surface area (Å²) in [6, 6.07) is 10.5. The molecule has 2 aromatic heterocycles. The van der Waals surface area contributed by atoms with Crippen molar-refractivity contribution in [1.29, 1.82) is 0 Å². The number of carbonyl (C=O) groups is 1. The van der Waals surface area contributed by atoms with Crippen LogP contribution in [0.4, 0.5) is 11.5 Å². The number of fused-ring (bicyclic) bond motifs is 1. The average Bonchev–Trinajstić information content (AvgIpc) is 3.16. The fourth-order valence-corrected chi connectivity index (χ4v) is 3.77. The number of hydrogen-bond acceptors (Lipinski definition) is 5. The van der Waals surface area contributed by atoms with Gasteiger partial charge in [-0.3, -0.25) is 4.79 Å². The molecular weight excluding hydrogens is 364 g/mol. The van der Waals surface area contributed by atoms with Crippen LogP contribution in [0, 0.1) is 0 Å². The van der Waals surface area contributed by atoms with Crippen molar-refractivity contribution >= 4 is 23.1 Å². The van der Waals surface area contributed by atoms with Gasteiger partial charge in [-0.1, -0.05) is 31.4 Å². The van der Waals surface area contributed by atoms with E-state index in [4.69, 9.17) is 0 Å². The average molecular weight is 393 g/mol. The summed E-state index contributed by atoms with van der Waals surface area (Å²) < 4.78 is 1.65. The van der Waals surface area contributed by atoms with Crippen LogP contribution >= 0.6 is 0 Å². The summed E-state index contributed by atoms with van der Waals surface area (Å²) in [6.07, 6.45) is 9.16. The Labute approximate surface area is 171 Å². The second-order valence-electron chi connectivity index (χ2n) is 7.87. The SMILES string of the molecule is CN(C)c1cccc(CNc2ccn3ncc(C(=O)NC4CCCCC4)c3n2)c1. The lowest BCUT2D eigenvalue weighted by Gasteiger charge is -2.22. The Bertz CT molecular complexity index is 990. The monoisotopic (exact) mass is 392 g/mol. The highest BCUT2D eigenvalue weighted by Crippen LogP contribution is 2.19. The maximum absolute atomic E-state index is 12.8. The zero-order valence-corrected chi connectivity index (χ0v) is 17.1. The number of aromatic nitrogens is 3. The molecule has 0 aliphatic heterocycles. The van der Waals surface area contributed by atoms with Crippen molar-refractivity contribution in [2.45, 2.75) is 44.7 Å². The van der Waals surface area contributed by atoms with Crippen LogP contribution in [0.25, 0.3) is 5.65 Å². The topological polar surface area (TPSA) is 74.6 Å². The van der Waals surface area contributed by atoms with Gasteiger partial charge in [0.15, 0.2) is 5.65 Å². The fraction of sp³-hybridized carbons (Fsp3) is 0.409. The van der Waals surface area contributed by atoms with Crippen molar-refractivity contribution in [1.82, 2.24) is 19.9 Å². The lowest BCUT2D eigenvalue weighted by molar-refractivity contribution is 0.0929. The number of amides is 1. The summed E-state index contributed by atoms with van der Waals surface area (Å²) in [6.45, 7) is 0.655. The van der Waals surface area contributed by atoms with Gasteiger partial charge in [0, 0.05) is 38.6 Å². The zero-order valence-electron chi connectivity index (χ0n) is 17.1. The van der Waals surface area contributed by atoms with Crippen LogP contribution in [-0.2, 0) is 6.54 Å². The van der Waals surface area contributed by atoms with E-state index in [2.05, 4.69) is 43.8 Å². The lowest BCUT2D eigenvalue weighted by Crippen LogP contribution is -2.36. The maximum atomic E-state index is 12.8. The smallest absolute Gasteiger partial charge is 0.256 e. The molecule has 7 heteroatoms. The molecule has 1 fully saturated rings. The molecule has 1 aliphatic rings. The maximum Gasteiger partial charge on any atom is 0.256 e. The summed E-state index contributed by atoms with van der Waals surface area (Å²) in [4.78, 5) is 19.5. The first kappa shape index (κ1) is 19.2. The van der Waals surface area contributed by atoms with Gasteiger partial charge in [0.05, 0.1) is 6.20 Å². The van der Waals surface area contributed by atoms with Gasteiger partial charge >= 0.3 is 0 Å². The number of nitrogens with one attached hydrogen (secondary N) is 2. The molecule has 2 N–H and O–H groups in total. The molecule has 29 heavy (non-hydrogen) atoms. The van der Waals surface area contributed by atoms with Crippen LogP contribution in [0.1, 0.15) is 48.0 Å². The number of carbonyl (C=O) groups excluding carboxylic acids is 1. The highest BCUT2D eigenvalue weighted by Gasteiger charge is 2.20. The fourth-order valence-electron chi connectivity index (χ4n) is 3.77. The van der Waals surface area contributed by atoms with Crippen molar-refractivity contribution in [3.63, 3.8) is 0 Å². The van der Waals surface area contributed by atoms with Gasteiger partial charge in [0.2, 0.25) is 0 Å². The normalized spacial score (nSPS) is 14.7. The molecule has 152 valence electrons. The standard InChI is InChI=1S/C22H28N6O/c1-27(2)18-10-6-7-16(13-18)14-23-20-11-12-28-21(26-20)19(15-24-28)22(29)25-17-8-4-3-5-9-17/h6-7,10-13,15,17H,3-5,8-9,14H2,1-2H3,(H,23,26)(H,25,29). The Hall–Kier alpha value is -3.09. The third-order valence-corrected chi connectivity index (χ3v) is 5.45. The highest BCUT2D eigenvalue weighted by molar-refractivity contribution is 5.99.